The Hall–Kier alpha value is -0.453. The van der Waals surface area contributed by atoms with Crippen molar-refractivity contribution < 1.29 is 28.8 Å². The zero-order chi connectivity index (χ0) is 6.41. The number of hydrogen-bond donors (Lipinski definition) is 0. The summed E-state index contributed by atoms with van der Waals surface area (Å²) in [5.74, 6) is -1.16. The number of rotatable bonds is 2. The fourth-order valence-electron chi connectivity index (χ4n) is 0.245. The quantitative estimate of drug-likeness (QED) is 0.218. The zero-order valence-electron chi connectivity index (χ0n) is 5.63. The molecule has 0 saturated heterocycles. The molecular formula is C6H7LiO2. The van der Waals surface area contributed by atoms with Crippen molar-refractivity contribution >= 4 is 5.97 Å². The molecule has 9 heavy (non-hydrogen) atoms. The van der Waals surface area contributed by atoms with Crippen LogP contribution in [0.2, 0.25) is 0 Å². The molecule has 0 aromatic rings. The van der Waals surface area contributed by atoms with E-state index in [1.807, 2.05) is 0 Å². The van der Waals surface area contributed by atoms with Gasteiger partial charge in [0.05, 0.1) is 5.97 Å². The Morgan fingerprint density at radius 1 is 1.44 bits per heavy atom. The SMILES string of the molecule is CC=CC=CC(=O)[O-].[Li+]. The Morgan fingerprint density at radius 3 is 2.33 bits per heavy atom. The molecule has 2 nitrogen and oxygen atoms in total. The maximum Gasteiger partial charge on any atom is 1.00 e. The van der Waals surface area contributed by atoms with Crippen LogP contribution >= 0.6 is 0 Å². The van der Waals surface area contributed by atoms with Gasteiger partial charge in [0, 0.05) is 0 Å². The molecular weight excluding hydrogens is 111 g/mol. The third-order valence-corrected chi connectivity index (χ3v) is 0.536. The van der Waals surface area contributed by atoms with E-state index in [0.717, 1.165) is 6.08 Å². The summed E-state index contributed by atoms with van der Waals surface area (Å²) in [7, 11) is 0. The van der Waals surface area contributed by atoms with Gasteiger partial charge in [0.1, 0.15) is 0 Å². The first-order chi connectivity index (χ1) is 3.77. The van der Waals surface area contributed by atoms with Gasteiger partial charge in [-0.15, -0.1) is 0 Å². The Balaban J connectivity index is 0. The maximum atomic E-state index is 9.64. The third-order valence-electron chi connectivity index (χ3n) is 0.536. The average Bonchev–Trinajstić information content (AvgIpc) is 1.66. The van der Waals surface area contributed by atoms with E-state index in [-0.39, 0.29) is 18.9 Å². The van der Waals surface area contributed by atoms with Crippen LogP contribution in [0.4, 0.5) is 0 Å². The van der Waals surface area contributed by atoms with Gasteiger partial charge in [-0.25, -0.2) is 0 Å². The summed E-state index contributed by atoms with van der Waals surface area (Å²) in [5, 5.41) is 9.64. The van der Waals surface area contributed by atoms with E-state index < -0.39 is 5.97 Å². The van der Waals surface area contributed by atoms with Crippen molar-refractivity contribution in [1.29, 1.82) is 0 Å². The normalized spacial score (nSPS) is 9.89. The van der Waals surface area contributed by atoms with E-state index in [9.17, 15) is 9.90 Å². The topological polar surface area (TPSA) is 40.1 Å². The second kappa shape index (κ2) is 7.55. The molecule has 0 saturated carbocycles. The molecule has 44 valence electrons. The van der Waals surface area contributed by atoms with E-state index in [1.165, 1.54) is 6.08 Å². The van der Waals surface area contributed by atoms with E-state index in [2.05, 4.69) is 0 Å². The van der Waals surface area contributed by atoms with Crippen LogP contribution in [0.5, 0.6) is 0 Å². The largest absolute Gasteiger partial charge is 1.00 e. The summed E-state index contributed by atoms with van der Waals surface area (Å²) < 4.78 is 0. The molecule has 0 aliphatic rings. The first kappa shape index (κ1) is 11.4. The number of carboxylic acids is 1. The minimum Gasteiger partial charge on any atom is -0.545 e. The smallest absolute Gasteiger partial charge is 0.545 e. The van der Waals surface area contributed by atoms with Gasteiger partial charge < -0.3 is 9.90 Å². The summed E-state index contributed by atoms with van der Waals surface area (Å²) in [6.07, 6.45) is 5.74. The fraction of sp³-hybridized carbons (Fsp3) is 0.167. The van der Waals surface area contributed by atoms with Crippen LogP contribution in [0.1, 0.15) is 6.92 Å². The third kappa shape index (κ3) is 11.2. The molecule has 0 aromatic carbocycles. The van der Waals surface area contributed by atoms with Gasteiger partial charge in [-0.2, -0.15) is 0 Å². The molecule has 0 unspecified atom stereocenters. The number of carbonyl (C=O) groups is 1. The summed E-state index contributed by atoms with van der Waals surface area (Å²) in [5.41, 5.74) is 0. The number of carboxylic acid groups (broad SMARTS) is 1. The van der Waals surface area contributed by atoms with Gasteiger partial charge in [0.2, 0.25) is 0 Å². The van der Waals surface area contributed by atoms with Crippen molar-refractivity contribution in [3.8, 4) is 0 Å². The van der Waals surface area contributed by atoms with Gasteiger partial charge in [-0.05, 0) is 13.0 Å². The van der Waals surface area contributed by atoms with E-state index in [1.54, 1.807) is 19.1 Å². The first-order valence-electron chi connectivity index (χ1n) is 2.27. The molecule has 0 spiro atoms. The van der Waals surface area contributed by atoms with Crippen molar-refractivity contribution in [3.63, 3.8) is 0 Å². The van der Waals surface area contributed by atoms with Gasteiger partial charge in [0.25, 0.3) is 0 Å². The van der Waals surface area contributed by atoms with Crippen molar-refractivity contribution in [2.75, 3.05) is 0 Å². The number of allylic oxidation sites excluding steroid dienone is 3. The Morgan fingerprint density at radius 2 is 2.00 bits per heavy atom. The van der Waals surface area contributed by atoms with Gasteiger partial charge >= 0.3 is 18.9 Å². The van der Waals surface area contributed by atoms with Gasteiger partial charge in [-0.3, -0.25) is 0 Å². The van der Waals surface area contributed by atoms with Crippen LogP contribution in [0.15, 0.2) is 24.3 Å². The van der Waals surface area contributed by atoms with Gasteiger partial charge in [0.15, 0.2) is 0 Å². The second-order valence-electron chi connectivity index (χ2n) is 1.20. The molecule has 0 atom stereocenters. The Kier molecular flexibility index (Phi) is 9.52. The van der Waals surface area contributed by atoms with E-state index in [4.69, 9.17) is 0 Å². The minimum atomic E-state index is -1.16. The minimum absolute atomic E-state index is 0. The zero-order valence-corrected chi connectivity index (χ0v) is 5.63. The van der Waals surface area contributed by atoms with Crippen molar-refractivity contribution in [2.45, 2.75) is 6.92 Å². The number of carbonyl (C=O) groups excluding carboxylic acids is 1. The molecule has 0 fully saturated rings. The molecule has 0 radical (unpaired) electrons. The molecule has 0 amide bonds. The van der Waals surface area contributed by atoms with Crippen LogP contribution in [-0.4, -0.2) is 5.97 Å². The van der Waals surface area contributed by atoms with Crippen molar-refractivity contribution in [1.82, 2.24) is 0 Å². The predicted octanol–water partition coefficient (Wildman–Crippen LogP) is -3.13. The fourth-order valence-corrected chi connectivity index (χ4v) is 0.245. The molecule has 3 heteroatoms. The summed E-state index contributed by atoms with van der Waals surface area (Å²) in [6.45, 7) is 1.81. The van der Waals surface area contributed by atoms with Crippen molar-refractivity contribution in [2.24, 2.45) is 0 Å². The molecule has 0 N–H and O–H groups in total. The molecule has 0 aromatic heterocycles. The van der Waals surface area contributed by atoms with E-state index >= 15 is 0 Å². The van der Waals surface area contributed by atoms with Crippen LogP contribution in [-0.2, 0) is 4.79 Å². The van der Waals surface area contributed by atoms with Crippen molar-refractivity contribution in [3.05, 3.63) is 24.3 Å². The number of aliphatic carboxylic acids is 1. The summed E-state index contributed by atoms with van der Waals surface area (Å²) >= 11 is 0. The van der Waals surface area contributed by atoms with Crippen LogP contribution in [0.3, 0.4) is 0 Å². The Labute approximate surface area is 66.4 Å². The van der Waals surface area contributed by atoms with Crippen LogP contribution in [0.25, 0.3) is 0 Å². The van der Waals surface area contributed by atoms with E-state index in [0.29, 0.717) is 0 Å². The average molecular weight is 118 g/mol. The molecule has 0 aliphatic heterocycles. The second-order valence-corrected chi connectivity index (χ2v) is 1.20. The molecule has 0 rings (SSSR count). The Bertz CT molecular complexity index is 127. The predicted molar refractivity (Wildman–Crippen MR) is 29.0 cm³/mol. The molecule has 0 bridgehead atoms. The maximum absolute atomic E-state index is 9.64. The monoisotopic (exact) mass is 118 g/mol. The molecule has 0 heterocycles. The van der Waals surface area contributed by atoms with Crippen LogP contribution in [0, 0.1) is 0 Å². The standard InChI is InChI=1S/C6H8O2.Li/c1-2-3-4-5-6(7)8;/h2-5H,1H3,(H,7,8);/q;+1/p-1. The van der Waals surface area contributed by atoms with Gasteiger partial charge in [-0.1, -0.05) is 18.2 Å². The molecule has 0 aliphatic carbocycles. The first-order valence-corrected chi connectivity index (χ1v) is 2.27. The van der Waals surface area contributed by atoms with Crippen LogP contribution < -0.4 is 24.0 Å². The number of hydrogen-bond acceptors (Lipinski definition) is 2. The summed E-state index contributed by atoms with van der Waals surface area (Å²) in [6, 6.07) is 0. The summed E-state index contributed by atoms with van der Waals surface area (Å²) in [4.78, 5) is 9.64.